The van der Waals surface area contributed by atoms with Crippen molar-refractivity contribution in [2.24, 2.45) is 5.92 Å². The molecular formula is C18H36N4O2. The second-order valence-corrected chi connectivity index (χ2v) is 7.85. The smallest absolute Gasteiger partial charge is 0.315 e. The molecule has 0 aromatic heterocycles. The van der Waals surface area contributed by atoms with E-state index in [1.807, 2.05) is 13.8 Å². The summed E-state index contributed by atoms with van der Waals surface area (Å²) in [5.74, 6) is 0.0649. The SMILES string of the molecule is CC(CO)C(C)NC(=O)NCC1(N2CCCCC2)CCN(C)CC1. The van der Waals surface area contributed by atoms with Crippen molar-refractivity contribution in [1.82, 2.24) is 20.4 Å². The van der Waals surface area contributed by atoms with Crippen LogP contribution in [-0.2, 0) is 0 Å². The predicted molar refractivity (Wildman–Crippen MR) is 97.1 cm³/mol. The van der Waals surface area contributed by atoms with E-state index < -0.39 is 0 Å². The fourth-order valence-electron chi connectivity index (χ4n) is 3.81. The van der Waals surface area contributed by atoms with Crippen molar-refractivity contribution in [2.75, 3.05) is 46.4 Å². The summed E-state index contributed by atoms with van der Waals surface area (Å²) in [7, 11) is 2.18. The number of urea groups is 1. The Kier molecular flexibility index (Phi) is 7.32. The first-order chi connectivity index (χ1) is 11.5. The number of nitrogens with zero attached hydrogens (tertiary/aromatic N) is 2. The first kappa shape index (κ1) is 19.5. The van der Waals surface area contributed by atoms with E-state index in [4.69, 9.17) is 0 Å². The monoisotopic (exact) mass is 340 g/mol. The zero-order valence-electron chi connectivity index (χ0n) is 15.7. The molecule has 2 rings (SSSR count). The normalized spacial score (nSPS) is 25.0. The van der Waals surface area contributed by atoms with Gasteiger partial charge in [0.1, 0.15) is 0 Å². The standard InChI is InChI=1S/C18H36N4O2/c1-15(13-23)16(2)20-17(24)19-14-18(7-11-21(3)12-8-18)22-9-5-4-6-10-22/h15-16,23H,4-14H2,1-3H3,(H2,19,20,24). The van der Waals surface area contributed by atoms with Gasteiger partial charge in [-0.1, -0.05) is 13.3 Å². The molecule has 24 heavy (non-hydrogen) atoms. The van der Waals surface area contributed by atoms with Crippen LogP contribution < -0.4 is 10.6 Å². The molecule has 0 aliphatic carbocycles. The van der Waals surface area contributed by atoms with Crippen LogP contribution in [0.4, 0.5) is 4.79 Å². The molecule has 2 fully saturated rings. The number of nitrogens with one attached hydrogen (secondary N) is 2. The number of hydrogen-bond donors (Lipinski definition) is 3. The van der Waals surface area contributed by atoms with Gasteiger partial charge < -0.3 is 20.6 Å². The average Bonchev–Trinajstić information content (AvgIpc) is 2.61. The van der Waals surface area contributed by atoms with Crippen LogP contribution in [0.5, 0.6) is 0 Å². The summed E-state index contributed by atoms with van der Waals surface area (Å²) in [5, 5.41) is 15.3. The lowest BCUT2D eigenvalue weighted by atomic mass is 9.84. The number of rotatable bonds is 6. The highest BCUT2D eigenvalue weighted by Crippen LogP contribution is 2.30. The van der Waals surface area contributed by atoms with Crippen LogP contribution in [0.25, 0.3) is 0 Å². The van der Waals surface area contributed by atoms with Crippen LogP contribution in [-0.4, -0.2) is 78.9 Å². The molecule has 2 atom stereocenters. The van der Waals surface area contributed by atoms with E-state index in [0.29, 0.717) is 6.54 Å². The van der Waals surface area contributed by atoms with Gasteiger partial charge in [-0.15, -0.1) is 0 Å². The van der Waals surface area contributed by atoms with Crippen LogP contribution in [0.1, 0.15) is 46.0 Å². The van der Waals surface area contributed by atoms with Crippen molar-refractivity contribution >= 4 is 6.03 Å². The summed E-state index contributed by atoms with van der Waals surface area (Å²) in [4.78, 5) is 17.3. The number of aliphatic hydroxyl groups excluding tert-OH is 1. The van der Waals surface area contributed by atoms with Crippen molar-refractivity contribution < 1.29 is 9.90 Å². The van der Waals surface area contributed by atoms with Gasteiger partial charge in [0.2, 0.25) is 0 Å². The minimum Gasteiger partial charge on any atom is -0.396 e. The maximum Gasteiger partial charge on any atom is 0.315 e. The van der Waals surface area contributed by atoms with E-state index in [1.165, 1.54) is 19.3 Å². The molecule has 2 aliphatic rings. The Morgan fingerprint density at radius 1 is 1.12 bits per heavy atom. The molecule has 0 aromatic carbocycles. The first-order valence-electron chi connectivity index (χ1n) is 9.56. The van der Waals surface area contributed by atoms with Crippen molar-refractivity contribution in [2.45, 2.75) is 57.5 Å². The quantitative estimate of drug-likeness (QED) is 0.681. The second-order valence-electron chi connectivity index (χ2n) is 7.85. The van der Waals surface area contributed by atoms with Gasteiger partial charge in [-0.05, 0) is 71.8 Å². The Morgan fingerprint density at radius 2 is 1.75 bits per heavy atom. The van der Waals surface area contributed by atoms with E-state index in [2.05, 4.69) is 27.5 Å². The molecule has 2 saturated heterocycles. The van der Waals surface area contributed by atoms with Crippen LogP contribution in [0.15, 0.2) is 0 Å². The lowest BCUT2D eigenvalue weighted by Crippen LogP contribution is -2.62. The third-order valence-corrected chi connectivity index (χ3v) is 6.02. The molecule has 0 spiro atoms. The van der Waals surface area contributed by atoms with Gasteiger partial charge >= 0.3 is 6.03 Å². The molecular weight excluding hydrogens is 304 g/mol. The van der Waals surface area contributed by atoms with Crippen LogP contribution >= 0.6 is 0 Å². The molecule has 0 saturated carbocycles. The number of carbonyl (C=O) groups is 1. The lowest BCUT2D eigenvalue weighted by molar-refractivity contribution is 0.0161. The molecule has 0 radical (unpaired) electrons. The van der Waals surface area contributed by atoms with E-state index in [9.17, 15) is 9.90 Å². The molecule has 140 valence electrons. The van der Waals surface area contributed by atoms with Crippen LogP contribution in [0.2, 0.25) is 0 Å². The summed E-state index contributed by atoms with van der Waals surface area (Å²) < 4.78 is 0. The fraction of sp³-hybridized carbons (Fsp3) is 0.944. The zero-order valence-corrected chi connectivity index (χ0v) is 15.7. The third kappa shape index (κ3) is 5.07. The number of carbonyl (C=O) groups excluding carboxylic acids is 1. The highest BCUT2D eigenvalue weighted by Gasteiger charge is 2.39. The van der Waals surface area contributed by atoms with Gasteiger partial charge in [-0.25, -0.2) is 4.79 Å². The van der Waals surface area contributed by atoms with Crippen molar-refractivity contribution in [3.63, 3.8) is 0 Å². The first-order valence-corrected chi connectivity index (χ1v) is 9.56. The molecule has 0 aromatic rings. The number of amides is 2. The van der Waals surface area contributed by atoms with Gasteiger partial charge in [0, 0.05) is 24.7 Å². The Morgan fingerprint density at radius 3 is 2.33 bits per heavy atom. The molecule has 6 nitrogen and oxygen atoms in total. The Hall–Kier alpha value is -0.850. The van der Waals surface area contributed by atoms with E-state index in [0.717, 1.165) is 39.0 Å². The Balaban J connectivity index is 1.92. The van der Waals surface area contributed by atoms with Gasteiger partial charge in [0.15, 0.2) is 0 Å². The fourth-order valence-corrected chi connectivity index (χ4v) is 3.81. The summed E-state index contributed by atoms with van der Waals surface area (Å²) in [6.07, 6.45) is 6.11. The maximum atomic E-state index is 12.3. The average molecular weight is 341 g/mol. The summed E-state index contributed by atoms with van der Waals surface area (Å²) in [5.41, 5.74) is 0.107. The van der Waals surface area contributed by atoms with Gasteiger partial charge in [-0.3, -0.25) is 4.90 Å². The second kappa shape index (κ2) is 9.02. The molecule has 2 aliphatic heterocycles. The number of piperidine rings is 2. The number of hydrogen-bond acceptors (Lipinski definition) is 4. The van der Waals surface area contributed by atoms with Crippen LogP contribution in [0.3, 0.4) is 0 Å². The van der Waals surface area contributed by atoms with Crippen molar-refractivity contribution in [1.29, 1.82) is 0 Å². The maximum absolute atomic E-state index is 12.3. The summed E-state index contributed by atoms with van der Waals surface area (Å²) >= 11 is 0. The highest BCUT2D eigenvalue weighted by molar-refractivity contribution is 5.74. The van der Waals surface area contributed by atoms with E-state index >= 15 is 0 Å². The molecule has 3 N–H and O–H groups in total. The lowest BCUT2D eigenvalue weighted by Gasteiger charge is -2.50. The summed E-state index contributed by atoms with van der Waals surface area (Å²) in [6.45, 7) is 9.19. The molecule has 2 heterocycles. The predicted octanol–water partition coefficient (Wildman–Crippen LogP) is 1.25. The van der Waals surface area contributed by atoms with Crippen LogP contribution in [0, 0.1) is 5.92 Å². The third-order valence-electron chi connectivity index (χ3n) is 6.02. The number of likely N-dealkylation sites (tertiary alicyclic amines) is 2. The van der Waals surface area contributed by atoms with Gasteiger partial charge in [0.25, 0.3) is 0 Å². The minimum atomic E-state index is -0.113. The van der Waals surface area contributed by atoms with E-state index in [1.54, 1.807) is 0 Å². The highest BCUT2D eigenvalue weighted by atomic mass is 16.3. The minimum absolute atomic E-state index is 0.0292. The van der Waals surface area contributed by atoms with Gasteiger partial charge in [-0.2, -0.15) is 0 Å². The molecule has 2 unspecified atom stereocenters. The van der Waals surface area contributed by atoms with Crippen molar-refractivity contribution in [3.8, 4) is 0 Å². The van der Waals surface area contributed by atoms with E-state index in [-0.39, 0.29) is 30.1 Å². The molecule has 0 bridgehead atoms. The molecule has 6 heteroatoms. The zero-order chi connectivity index (χ0) is 17.6. The van der Waals surface area contributed by atoms with Crippen molar-refractivity contribution in [3.05, 3.63) is 0 Å². The Bertz CT molecular complexity index is 390. The number of aliphatic hydroxyl groups is 1. The topological polar surface area (TPSA) is 67.8 Å². The van der Waals surface area contributed by atoms with Gasteiger partial charge in [0.05, 0.1) is 0 Å². The molecule has 2 amide bonds. The Labute approximate surface area is 147 Å². The summed E-state index contributed by atoms with van der Waals surface area (Å²) in [6, 6.07) is -0.142. The largest absolute Gasteiger partial charge is 0.396 e.